The van der Waals surface area contributed by atoms with Gasteiger partial charge in [-0.25, -0.2) is 0 Å². The van der Waals surface area contributed by atoms with Gasteiger partial charge in [0.15, 0.2) is 0 Å². The van der Waals surface area contributed by atoms with E-state index in [1.807, 2.05) is 11.8 Å². The van der Waals surface area contributed by atoms with Crippen molar-refractivity contribution in [3.8, 4) is 0 Å². The van der Waals surface area contributed by atoms with Crippen LogP contribution in [-0.4, -0.2) is 29.6 Å². The lowest BCUT2D eigenvalue weighted by atomic mass is 9.81. The molecule has 0 saturated carbocycles. The molecule has 1 fully saturated rings. The van der Waals surface area contributed by atoms with Gasteiger partial charge in [-0.1, -0.05) is 41.5 Å². The van der Waals surface area contributed by atoms with Crippen LogP contribution in [0.4, 0.5) is 0 Å². The summed E-state index contributed by atoms with van der Waals surface area (Å²) in [5.74, 6) is 1.20. The van der Waals surface area contributed by atoms with Crippen LogP contribution < -0.4 is 5.32 Å². The van der Waals surface area contributed by atoms with Gasteiger partial charge in [0.05, 0.1) is 12.2 Å². The molecule has 3 nitrogen and oxygen atoms in total. The van der Waals surface area contributed by atoms with Crippen LogP contribution in [0.15, 0.2) is 0 Å². The Morgan fingerprint density at radius 2 is 1.82 bits per heavy atom. The van der Waals surface area contributed by atoms with Crippen molar-refractivity contribution in [2.45, 2.75) is 60.7 Å². The van der Waals surface area contributed by atoms with Crippen LogP contribution in [0, 0.1) is 17.3 Å². The third kappa shape index (κ3) is 3.21. The molecule has 1 aliphatic rings. The molecule has 1 aliphatic heterocycles. The highest BCUT2D eigenvalue weighted by Gasteiger charge is 2.39. The molecule has 0 aromatic rings. The Bertz CT molecular complexity index is 280. The molecule has 0 aromatic heterocycles. The number of hydrogen-bond donors (Lipinski definition) is 1. The van der Waals surface area contributed by atoms with Gasteiger partial charge in [0.2, 0.25) is 5.91 Å². The van der Waals surface area contributed by atoms with Gasteiger partial charge in [-0.3, -0.25) is 10.1 Å². The van der Waals surface area contributed by atoms with Crippen molar-refractivity contribution in [1.29, 1.82) is 0 Å². The third-order valence-corrected chi connectivity index (χ3v) is 3.99. The molecule has 1 heterocycles. The zero-order valence-electron chi connectivity index (χ0n) is 12.4. The zero-order valence-corrected chi connectivity index (χ0v) is 12.4. The van der Waals surface area contributed by atoms with E-state index in [1.165, 1.54) is 0 Å². The van der Waals surface area contributed by atoms with Gasteiger partial charge in [0.1, 0.15) is 0 Å². The highest BCUT2D eigenvalue weighted by atomic mass is 16.2. The van der Waals surface area contributed by atoms with Crippen LogP contribution in [0.1, 0.15) is 48.5 Å². The monoisotopic (exact) mass is 240 g/mol. The molecule has 0 aliphatic carbocycles. The molecular weight excluding hydrogens is 212 g/mol. The Hall–Kier alpha value is -0.570. The van der Waals surface area contributed by atoms with Gasteiger partial charge in [0, 0.05) is 6.54 Å². The quantitative estimate of drug-likeness (QED) is 0.822. The number of amides is 1. The van der Waals surface area contributed by atoms with Gasteiger partial charge in [-0.2, -0.15) is 0 Å². The van der Waals surface area contributed by atoms with E-state index in [0.717, 1.165) is 6.54 Å². The first-order valence-corrected chi connectivity index (χ1v) is 6.71. The van der Waals surface area contributed by atoms with E-state index < -0.39 is 0 Å². The fourth-order valence-electron chi connectivity index (χ4n) is 2.13. The summed E-state index contributed by atoms with van der Waals surface area (Å²) in [5, 5.41) is 3.39. The molecule has 1 saturated heterocycles. The molecule has 0 spiro atoms. The summed E-state index contributed by atoms with van der Waals surface area (Å²) in [7, 11) is 0. The Morgan fingerprint density at radius 3 is 2.24 bits per heavy atom. The lowest BCUT2D eigenvalue weighted by Crippen LogP contribution is -2.45. The summed E-state index contributed by atoms with van der Waals surface area (Å²) in [6, 6.07) is -0.0328. The number of nitrogens with zero attached hydrogens (tertiary/aromatic N) is 1. The molecule has 3 atom stereocenters. The minimum atomic E-state index is -0.0328. The van der Waals surface area contributed by atoms with Crippen LogP contribution >= 0.6 is 0 Å². The highest BCUT2D eigenvalue weighted by molar-refractivity contribution is 5.83. The molecule has 1 rings (SSSR count). The van der Waals surface area contributed by atoms with Crippen LogP contribution in [0.2, 0.25) is 0 Å². The minimum Gasteiger partial charge on any atom is -0.325 e. The highest BCUT2D eigenvalue weighted by Crippen LogP contribution is 2.28. The van der Waals surface area contributed by atoms with E-state index in [2.05, 4.69) is 46.9 Å². The first kappa shape index (κ1) is 14.5. The lowest BCUT2D eigenvalue weighted by Gasteiger charge is -2.35. The van der Waals surface area contributed by atoms with Crippen molar-refractivity contribution in [3.05, 3.63) is 0 Å². The molecule has 3 heteroatoms. The Kier molecular flexibility index (Phi) is 4.23. The Morgan fingerprint density at radius 1 is 1.29 bits per heavy atom. The standard InChI is InChI=1S/C14H28N2O/c1-9(2)12-15-11(4)13(17)16(12)8-10(3)14(5,6)7/h9-12,15H,8H2,1-7H3. The van der Waals surface area contributed by atoms with Gasteiger partial charge < -0.3 is 4.90 Å². The van der Waals surface area contributed by atoms with Crippen molar-refractivity contribution in [2.75, 3.05) is 6.54 Å². The summed E-state index contributed by atoms with van der Waals surface area (Å²) >= 11 is 0. The number of nitrogens with one attached hydrogen (secondary N) is 1. The molecule has 3 unspecified atom stereocenters. The second kappa shape index (κ2) is 4.97. The molecule has 1 N–H and O–H groups in total. The topological polar surface area (TPSA) is 32.3 Å². The fraction of sp³-hybridized carbons (Fsp3) is 0.929. The predicted molar refractivity (Wildman–Crippen MR) is 71.6 cm³/mol. The van der Waals surface area contributed by atoms with Crippen molar-refractivity contribution >= 4 is 5.91 Å². The Balaban J connectivity index is 2.76. The lowest BCUT2D eigenvalue weighted by molar-refractivity contribution is -0.131. The van der Waals surface area contributed by atoms with Crippen molar-refractivity contribution < 1.29 is 4.79 Å². The van der Waals surface area contributed by atoms with E-state index in [4.69, 9.17) is 0 Å². The number of carbonyl (C=O) groups is 1. The van der Waals surface area contributed by atoms with Crippen molar-refractivity contribution in [2.24, 2.45) is 17.3 Å². The number of hydrogen-bond acceptors (Lipinski definition) is 2. The van der Waals surface area contributed by atoms with Crippen LogP contribution in [0.25, 0.3) is 0 Å². The average Bonchev–Trinajstić information content (AvgIpc) is 2.44. The summed E-state index contributed by atoms with van der Waals surface area (Å²) in [5.41, 5.74) is 0.244. The summed E-state index contributed by atoms with van der Waals surface area (Å²) in [6.07, 6.45) is 0.197. The van der Waals surface area contributed by atoms with Gasteiger partial charge >= 0.3 is 0 Å². The second-order valence-electron chi connectivity index (χ2n) is 6.83. The first-order chi connectivity index (χ1) is 7.64. The second-order valence-corrected chi connectivity index (χ2v) is 6.83. The largest absolute Gasteiger partial charge is 0.325 e. The molecule has 17 heavy (non-hydrogen) atoms. The smallest absolute Gasteiger partial charge is 0.240 e. The predicted octanol–water partition coefficient (Wildman–Crippen LogP) is 2.47. The van der Waals surface area contributed by atoms with Crippen LogP contribution in [-0.2, 0) is 4.79 Å². The number of carbonyl (C=O) groups excluding carboxylic acids is 1. The summed E-state index contributed by atoms with van der Waals surface area (Å²) in [6.45, 7) is 16.1. The summed E-state index contributed by atoms with van der Waals surface area (Å²) in [4.78, 5) is 14.2. The van der Waals surface area contributed by atoms with Crippen LogP contribution in [0.5, 0.6) is 0 Å². The molecule has 1 amide bonds. The van der Waals surface area contributed by atoms with Gasteiger partial charge in [-0.05, 0) is 24.2 Å². The molecule has 0 bridgehead atoms. The van der Waals surface area contributed by atoms with Gasteiger partial charge in [0.25, 0.3) is 0 Å². The maximum Gasteiger partial charge on any atom is 0.240 e. The summed E-state index contributed by atoms with van der Waals surface area (Å²) < 4.78 is 0. The molecule has 100 valence electrons. The number of rotatable bonds is 3. The molecular formula is C14H28N2O. The van der Waals surface area contributed by atoms with E-state index in [0.29, 0.717) is 11.8 Å². The van der Waals surface area contributed by atoms with E-state index in [9.17, 15) is 4.79 Å². The Labute approximate surface area is 106 Å². The molecule has 0 radical (unpaired) electrons. The maximum absolute atomic E-state index is 12.1. The normalized spacial score (nSPS) is 28.0. The molecule has 0 aromatic carbocycles. The minimum absolute atomic E-state index is 0.0328. The van der Waals surface area contributed by atoms with Crippen molar-refractivity contribution in [3.63, 3.8) is 0 Å². The van der Waals surface area contributed by atoms with E-state index in [-0.39, 0.29) is 23.5 Å². The average molecular weight is 240 g/mol. The van der Waals surface area contributed by atoms with E-state index >= 15 is 0 Å². The SMILES string of the molecule is CC1NC(C(C)C)N(CC(C)C(C)(C)C)C1=O. The maximum atomic E-state index is 12.1. The fourth-order valence-corrected chi connectivity index (χ4v) is 2.13. The van der Waals surface area contributed by atoms with Gasteiger partial charge in [-0.15, -0.1) is 0 Å². The van der Waals surface area contributed by atoms with Crippen LogP contribution in [0.3, 0.4) is 0 Å². The van der Waals surface area contributed by atoms with Crippen molar-refractivity contribution in [1.82, 2.24) is 10.2 Å². The zero-order chi connectivity index (χ0) is 13.4. The van der Waals surface area contributed by atoms with E-state index in [1.54, 1.807) is 0 Å². The third-order valence-electron chi connectivity index (χ3n) is 3.99. The first-order valence-electron chi connectivity index (χ1n) is 6.71.